The van der Waals surface area contributed by atoms with Crippen LogP contribution in [-0.2, 0) is 22.5 Å². The summed E-state index contributed by atoms with van der Waals surface area (Å²) in [7, 11) is 2.80. The number of nitrogens with one attached hydrogen (secondary N) is 1. The van der Waals surface area contributed by atoms with Gasteiger partial charge in [-0.3, -0.25) is 4.79 Å². The van der Waals surface area contributed by atoms with Crippen LogP contribution in [0.5, 0.6) is 5.75 Å². The zero-order valence-corrected chi connectivity index (χ0v) is 16.4. The number of carbonyl (C=O) groups is 2. The number of thiazole rings is 1. The molecule has 0 bridgehead atoms. The molecular formula is C21H20N2O4S. The minimum atomic E-state index is -0.485. The molecule has 6 nitrogen and oxygen atoms in total. The Morgan fingerprint density at radius 1 is 1.11 bits per heavy atom. The van der Waals surface area contributed by atoms with Crippen molar-refractivity contribution in [2.75, 3.05) is 14.2 Å². The Bertz CT molecular complexity index is 970. The summed E-state index contributed by atoms with van der Waals surface area (Å²) in [6.07, 6.45) is 0.198. The van der Waals surface area contributed by atoms with Crippen LogP contribution in [0.3, 0.4) is 0 Å². The lowest BCUT2D eigenvalue weighted by Gasteiger charge is -2.10. The molecule has 1 N–H and O–H groups in total. The average Bonchev–Trinajstić information content (AvgIpc) is 3.20. The van der Waals surface area contributed by atoms with Crippen molar-refractivity contribution in [2.24, 2.45) is 0 Å². The first-order valence-electron chi connectivity index (χ1n) is 8.62. The standard InChI is InChI=1S/C21H20N2O4S/c1-26-18-9-8-14(10-17(18)21(25)27-2)12-22-19(24)11-16-13-28-20(23-16)15-6-4-3-5-7-15/h3-10,13H,11-12H2,1-2H3,(H,22,24). The van der Waals surface area contributed by atoms with Crippen LogP contribution in [0, 0.1) is 0 Å². The summed E-state index contributed by atoms with van der Waals surface area (Å²) in [4.78, 5) is 28.6. The molecule has 0 saturated carbocycles. The van der Waals surface area contributed by atoms with Crippen LogP contribution in [0.2, 0.25) is 0 Å². The van der Waals surface area contributed by atoms with Gasteiger partial charge in [0.05, 0.1) is 26.3 Å². The van der Waals surface area contributed by atoms with E-state index in [9.17, 15) is 9.59 Å². The van der Waals surface area contributed by atoms with E-state index >= 15 is 0 Å². The molecule has 0 aliphatic heterocycles. The SMILES string of the molecule is COC(=O)c1cc(CNC(=O)Cc2csc(-c3ccccc3)n2)ccc1OC. The Kier molecular flexibility index (Phi) is 6.39. The highest BCUT2D eigenvalue weighted by Gasteiger charge is 2.14. The molecule has 0 radical (unpaired) electrons. The van der Waals surface area contributed by atoms with Gasteiger partial charge in [0.2, 0.25) is 5.91 Å². The van der Waals surface area contributed by atoms with Crippen LogP contribution in [0.1, 0.15) is 21.6 Å². The fraction of sp³-hybridized carbons (Fsp3) is 0.190. The van der Waals surface area contributed by atoms with Gasteiger partial charge in [0.15, 0.2) is 0 Å². The predicted molar refractivity (Wildman–Crippen MR) is 107 cm³/mol. The van der Waals surface area contributed by atoms with Crippen molar-refractivity contribution >= 4 is 23.2 Å². The van der Waals surface area contributed by atoms with Crippen LogP contribution in [-0.4, -0.2) is 31.1 Å². The van der Waals surface area contributed by atoms with Gasteiger partial charge in [-0.2, -0.15) is 0 Å². The Morgan fingerprint density at radius 3 is 2.61 bits per heavy atom. The van der Waals surface area contributed by atoms with Crippen LogP contribution in [0.15, 0.2) is 53.9 Å². The summed E-state index contributed by atoms with van der Waals surface area (Å²) < 4.78 is 9.94. The average molecular weight is 396 g/mol. The maximum absolute atomic E-state index is 12.3. The minimum Gasteiger partial charge on any atom is -0.496 e. The zero-order chi connectivity index (χ0) is 19.9. The molecule has 28 heavy (non-hydrogen) atoms. The van der Waals surface area contributed by atoms with Crippen molar-refractivity contribution < 1.29 is 19.1 Å². The van der Waals surface area contributed by atoms with E-state index in [1.807, 2.05) is 35.7 Å². The highest BCUT2D eigenvalue weighted by Crippen LogP contribution is 2.23. The van der Waals surface area contributed by atoms with Crippen molar-refractivity contribution in [3.63, 3.8) is 0 Å². The Balaban J connectivity index is 1.60. The predicted octanol–water partition coefficient (Wildman–Crippen LogP) is 3.46. The normalized spacial score (nSPS) is 10.4. The molecule has 0 spiro atoms. The molecule has 7 heteroatoms. The van der Waals surface area contributed by atoms with E-state index in [1.165, 1.54) is 25.6 Å². The van der Waals surface area contributed by atoms with Crippen LogP contribution >= 0.6 is 11.3 Å². The highest BCUT2D eigenvalue weighted by atomic mass is 32.1. The first-order valence-corrected chi connectivity index (χ1v) is 9.50. The lowest BCUT2D eigenvalue weighted by molar-refractivity contribution is -0.120. The fourth-order valence-electron chi connectivity index (χ4n) is 2.66. The number of methoxy groups -OCH3 is 2. The van der Waals surface area contributed by atoms with Crippen molar-refractivity contribution in [1.29, 1.82) is 0 Å². The van der Waals surface area contributed by atoms with Gasteiger partial charge in [0, 0.05) is 17.5 Å². The van der Waals surface area contributed by atoms with E-state index in [2.05, 4.69) is 10.3 Å². The summed E-state index contributed by atoms with van der Waals surface area (Å²) in [5.41, 5.74) is 2.86. The molecule has 2 aromatic carbocycles. The second-order valence-electron chi connectivity index (χ2n) is 5.99. The Morgan fingerprint density at radius 2 is 1.89 bits per heavy atom. The summed E-state index contributed by atoms with van der Waals surface area (Å²) >= 11 is 1.51. The second kappa shape index (κ2) is 9.14. The molecule has 1 aromatic heterocycles. The molecule has 1 amide bonds. The smallest absolute Gasteiger partial charge is 0.341 e. The number of aromatic nitrogens is 1. The number of esters is 1. The number of hydrogen-bond donors (Lipinski definition) is 1. The van der Waals surface area contributed by atoms with Crippen molar-refractivity contribution in [2.45, 2.75) is 13.0 Å². The van der Waals surface area contributed by atoms with E-state index in [0.717, 1.165) is 21.8 Å². The second-order valence-corrected chi connectivity index (χ2v) is 6.85. The molecule has 0 aliphatic rings. The first kappa shape index (κ1) is 19.6. The van der Waals surface area contributed by atoms with E-state index in [-0.39, 0.29) is 12.3 Å². The van der Waals surface area contributed by atoms with Crippen LogP contribution in [0.25, 0.3) is 10.6 Å². The van der Waals surface area contributed by atoms with Crippen LogP contribution < -0.4 is 10.1 Å². The summed E-state index contributed by atoms with van der Waals surface area (Å²) in [5.74, 6) is -0.195. The summed E-state index contributed by atoms with van der Waals surface area (Å²) in [5, 5.41) is 5.63. The number of carbonyl (C=O) groups excluding carboxylic acids is 2. The third-order valence-electron chi connectivity index (χ3n) is 4.07. The Hall–Kier alpha value is -3.19. The van der Waals surface area contributed by atoms with Gasteiger partial charge < -0.3 is 14.8 Å². The lowest BCUT2D eigenvalue weighted by Crippen LogP contribution is -2.24. The number of ether oxygens (including phenoxy) is 2. The van der Waals surface area contributed by atoms with Gasteiger partial charge in [-0.1, -0.05) is 36.4 Å². The molecule has 0 atom stereocenters. The van der Waals surface area contributed by atoms with Gasteiger partial charge in [-0.15, -0.1) is 11.3 Å². The summed E-state index contributed by atoms with van der Waals surface area (Å²) in [6.45, 7) is 0.294. The quantitative estimate of drug-likeness (QED) is 0.619. The number of hydrogen-bond acceptors (Lipinski definition) is 6. The molecule has 1 heterocycles. The van der Waals surface area contributed by atoms with E-state index in [4.69, 9.17) is 9.47 Å². The largest absolute Gasteiger partial charge is 0.496 e. The van der Waals surface area contributed by atoms with Crippen molar-refractivity contribution in [1.82, 2.24) is 10.3 Å². The summed E-state index contributed by atoms with van der Waals surface area (Å²) in [6, 6.07) is 15.0. The van der Waals surface area contributed by atoms with E-state index in [0.29, 0.717) is 17.9 Å². The number of nitrogens with zero attached hydrogens (tertiary/aromatic N) is 1. The minimum absolute atomic E-state index is 0.139. The van der Waals surface area contributed by atoms with E-state index < -0.39 is 5.97 Å². The number of benzene rings is 2. The molecule has 3 rings (SSSR count). The van der Waals surface area contributed by atoms with Gasteiger partial charge in [0.1, 0.15) is 16.3 Å². The van der Waals surface area contributed by atoms with Crippen molar-refractivity contribution in [3.8, 4) is 16.3 Å². The number of rotatable bonds is 7. The van der Waals surface area contributed by atoms with Gasteiger partial charge in [0.25, 0.3) is 0 Å². The molecule has 144 valence electrons. The molecule has 3 aromatic rings. The Labute approximate surface area is 167 Å². The molecule has 0 unspecified atom stereocenters. The molecular weight excluding hydrogens is 376 g/mol. The maximum atomic E-state index is 12.3. The topological polar surface area (TPSA) is 77.5 Å². The first-order chi connectivity index (χ1) is 13.6. The number of amides is 1. The van der Waals surface area contributed by atoms with Gasteiger partial charge in [-0.25, -0.2) is 9.78 Å². The monoisotopic (exact) mass is 396 g/mol. The fourth-order valence-corrected chi connectivity index (χ4v) is 3.49. The maximum Gasteiger partial charge on any atom is 0.341 e. The molecule has 0 fully saturated rings. The van der Waals surface area contributed by atoms with Gasteiger partial charge in [-0.05, 0) is 17.7 Å². The molecule has 0 saturated heterocycles. The third kappa shape index (κ3) is 4.75. The van der Waals surface area contributed by atoms with E-state index in [1.54, 1.807) is 18.2 Å². The highest BCUT2D eigenvalue weighted by molar-refractivity contribution is 7.13. The third-order valence-corrected chi connectivity index (χ3v) is 5.01. The van der Waals surface area contributed by atoms with Crippen LogP contribution in [0.4, 0.5) is 0 Å². The van der Waals surface area contributed by atoms with Crippen molar-refractivity contribution in [3.05, 3.63) is 70.7 Å². The lowest BCUT2D eigenvalue weighted by atomic mass is 10.1. The molecule has 0 aliphatic carbocycles. The zero-order valence-electron chi connectivity index (χ0n) is 15.6. The van der Waals surface area contributed by atoms with Gasteiger partial charge >= 0.3 is 5.97 Å².